The molecule has 0 bridgehead atoms. The molecule has 0 fully saturated rings. The van der Waals surface area contributed by atoms with E-state index in [1.165, 1.54) is 12.1 Å². The zero-order valence-corrected chi connectivity index (χ0v) is 15.7. The highest BCUT2D eigenvalue weighted by molar-refractivity contribution is 9.10. The summed E-state index contributed by atoms with van der Waals surface area (Å²) in [6.07, 6.45) is 0. The number of nitro groups is 1. The van der Waals surface area contributed by atoms with Gasteiger partial charge in [-0.2, -0.15) is 0 Å². The van der Waals surface area contributed by atoms with E-state index >= 15 is 0 Å². The van der Waals surface area contributed by atoms with Crippen LogP contribution in [0.25, 0.3) is 0 Å². The number of ether oxygens (including phenoxy) is 1. The van der Waals surface area contributed by atoms with Crippen LogP contribution in [0.15, 0.2) is 22.7 Å². The summed E-state index contributed by atoms with van der Waals surface area (Å²) in [5.41, 5.74) is 0.0340. The van der Waals surface area contributed by atoms with Crippen molar-refractivity contribution in [3.63, 3.8) is 0 Å². The molecule has 5 nitrogen and oxygen atoms in total. The Balaban J connectivity index is 2.52. The lowest BCUT2D eigenvalue weighted by Gasteiger charge is -2.36. The van der Waals surface area contributed by atoms with Crippen molar-refractivity contribution in [2.75, 3.05) is 13.2 Å². The Morgan fingerprint density at radius 2 is 1.90 bits per heavy atom. The zero-order chi connectivity index (χ0) is 16.3. The zero-order valence-electron chi connectivity index (χ0n) is 13.1. The minimum absolute atomic E-state index is 0.0340. The quantitative estimate of drug-likeness (QED) is 0.311. The first-order valence-corrected chi connectivity index (χ1v) is 10.5. The van der Waals surface area contributed by atoms with E-state index in [1.807, 2.05) is 0 Å². The second-order valence-corrected chi connectivity index (χ2v) is 12.0. The molecule has 1 rings (SSSR count). The summed E-state index contributed by atoms with van der Waals surface area (Å²) in [5.74, 6) is 0.583. The summed E-state index contributed by atoms with van der Waals surface area (Å²) in [7, 11) is -1.76. The van der Waals surface area contributed by atoms with Crippen molar-refractivity contribution in [3.8, 4) is 5.75 Å². The van der Waals surface area contributed by atoms with Gasteiger partial charge in [0.2, 0.25) is 0 Å². The van der Waals surface area contributed by atoms with E-state index in [0.29, 0.717) is 23.4 Å². The Labute approximate surface area is 135 Å². The van der Waals surface area contributed by atoms with Crippen LogP contribution in [0.5, 0.6) is 5.75 Å². The molecule has 0 radical (unpaired) electrons. The predicted molar refractivity (Wildman–Crippen MR) is 89.4 cm³/mol. The number of halogens is 1. The maximum atomic E-state index is 10.7. The molecule has 1 aromatic carbocycles. The second kappa shape index (κ2) is 6.89. The predicted octanol–water partition coefficient (Wildman–Crippen LogP) is 4.76. The van der Waals surface area contributed by atoms with Crippen molar-refractivity contribution in [1.29, 1.82) is 0 Å². The maximum Gasteiger partial charge on any atom is 0.270 e. The Kier molecular flexibility index (Phi) is 5.95. The minimum atomic E-state index is -1.76. The van der Waals surface area contributed by atoms with E-state index in [0.717, 1.165) is 0 Å². The van der Waals surface area contributed by atoms with Gasteiger partial charge in [0.25, 0.3) is 5.69 Å². The van der Waals surface area contributed by atoms with E-state index < -0.39 is 13.2 Å². The first-order valence-electron chi connectivity index (χ1n) is 6.75. The van der Waals surface area contributed by atoms with Crippen LogP contribution in [0.2, 0.25) is 18.1 Å². The van der Waals surface area contributed by atoms with Gasteiger partial charge in [-0.05, 0) is 40.1 Å². The molecule has 0 N–H and O–H groups in total. The van der Waals surface area contributed by atoms with Crippen molar-refractivity contribution in [1.82, 2.24) is 0 Å². The third kappa shape index (κ3) is 5.08. The second-order valence-electron chi connectivity index (χ2n) is 6.33. The fourth-order valence-corrected chi connectivity index (χ4v) is 2.89. The van der Waals surface area contributed by atoms with Crippen LogP contribution in [0.3, 0.4) is 0 Å². The summed E-state index contributed by atoms with van der Waals surface area (Å²) < 4.78 is 12.2. The number of benzene rings is 1. The van der Waals surface area contributed by atoms with Crippen LogP contribution in [0.4, 0.5) is 5.69 Å². The number of non-ortho nitro benzene ring substituents is 1. The van der Waals surface area contributed by atoms with Crippen LogP contribution in [0.1, 0.15) is 20.8 Å². The number of nitro benzene ring substituents is 1. The summed E-state index contributed by atoms with van der Waals surface area (Å²) in [5, 5.41) is 10.8. The molecule has 0 spiro atoms. The Morgan fingerprint density at radius 3 is 2.38 bits per heavy atom. The number of hydrogen-bond donors (Lipinski definition) is 0. The smallest absolute Gasteiger partial charge is 0.270 e. The van der Waals surface area contributed by atoms with Gasteiger partial charge in [-0.1, -0.05) is 20.8 Å². The van der Waals surface area contributed by atoms with Gasteiger partial charge in [-0.15, -0.1) is 0 Å². The van der Waals surface area contributed by atoms with Crippen molar-refractivity contribution >= 4 is 29.9 Å². The molecule has 0 atom stereocenters. The summed E-state index contributed by atoms with van der Waals surface area (Å²) in [6.45, 7) is 11.9. The number of hydrogen-bond acceptors (Lipinski definition) is 4. The maximum absolute atomic E-state index is 10.7. The monoisotopic (exact) mass is 375 g/mol. The van der Waals surface area contributed by atoms with Gasteiger partial charge in [-0.3, -0.25) is 10.1 Å². The fourth-order valence-electron chi connectivity index (χ4n) is 1.39. The van der Waals surface area contributed by atoms with Gasteiger partial charge >= 0.3 is 0 Å². The van der Waals surface area contributed by atoms with E-state index in [4.69, 9.17) is 9.16 Å². The largest absolute Gasteiger partial charge is 0.490 e. The average molecular weight is 376 g/mol. The molecular weight excluding hydrogens is 354 g/mol. The lowest BCUT2D eigenvalue weighted by molar-refractivity contribution is -0.385. The first kappa shape index (κ1) is 18.1. The first-order chi connectivity index (χ1) is 9.54. The molecule has 0 unspecified atom stereocenters. The van der Waals surface area contributed by atoms with Crippen LogP contribution in [-0.4, -0.2) is 26.5 Å². The third-order valence-corrected chi connectivity index (χ3v) is 8.89. The molecule has 0 saturated heterocycles. The van der Waals surface area contributed by atoms with Gasteiger partial charge in [0, 0.05) is 12.1 Å². The van der Waals surface area contributed by atoms with E-state index in [9.17, 15) is 10.1 Å². The molecule has 0 heterocycles. The molecule has 0 aliphatic carbocycles. The molecule has 21 heavy (non-hydrogen) atoms. The van der Waals surface area contributed by atoms with Crippen LogP contribution in [0, 0.1) is 10.1 Å². The standard InChI is InChI=1S/C14H22BrNO4Si/c1-14(2,3)21(4,5)20-9-8-19-13-7-6-11(16(17)18)10-12(13)15/h6-7,10H,8-9H2,1-5H3. The van der Waals surface area contributed by atoms with E-state index in [1.54, 1.807) is 6.07 Å². The Hall–Kier alpha value is -0.923. The molecule has 7 heteroatoms. The summed E-state index contributed by atoms with van der Waals surface area (Å²) >= 11 is 3.28. The Bertz CT molecular complexity index is 514. The minimum Gasteiger partial charge on any atom is -0.490 e. The highest BCUT2D eigenvalue weighted by Gasteiger charge is 2.36. The highest BCUT2D eigenvalue weighted by Crippen LogP contribution is 2.36. The van der Waals surface area contributed by atoms with Gasteiger partial charge in [-0.25, -0.2) is 0 Å². The van der Waals surface area contributed by atoms with Crippen LogP contribution in [-0.2, 0) is 4.43 Å². The van der Waals surface area contributed by atoms with Crippen LogP contribution < -0.4 is 4.74 Å². The average Bonchev–Trinajstić information content (AvgIpc) is 2.34. The fraction of sp³-hybridized carbons (Fsp3) is 0.571. The van der Waals surface area contributed by atoms with Crippen LogP contribution >= 0.6 is 15.9 Å². The Morgan fingerprint density at radius 1 is 1.29 bits per heavy atom. The summed E-state index contributed by atoms with van der Waals surface area (Å²) in [6, 6.07) is 4.45. The molecule has 0 aliphatic rings. The topological polar surface area (TPSA) is 61.6 Å². The lowest BCUT2D eigenvalue weighted by atomic mass is 10.2. The molecular formula is C14H22BrNO4Si. The molecule has 0 aromatic heterocycles. The van der Waals surface area contributed by atoms with E-state index in [2.05, 4.69) is 49.8 Å². The normalized spacial score (nSPS) is 12.3. The van der Waals surface area contributed by atoms with Crippen molar-refractivity contribution in [2.24, 2.45) is 0 Å². The number of rotatable bonds is 6. The van der Waals surface area contributed by atoms with Gasteiger partial charge < -0.3 is 9.16 Å². The van der Waals surface area contributed by atoms with Crippen molar-refractivity contribution < 1.29 is 14.1 Å². The highest BCUT2D eigenvalue weighted by atomic mass is 79.9. The number of nitrogens with zero attached hydrogens (tertiary/aromatic N) is 1. The SMILES string of the molecule is CC(C)(C)[Si](C)(C)OCCOc1ccc([N+](=O)[O-])cc1Br. The summed E-state index contributed by atoms with van der Waals surface area (Å²) in [4.78, 5) is 10.2. The molecule has 0 saturated carbocycles. The van der Waals surface area contributed by atoms with Gasteiger partial charge in [0.1, 0.15) is 12.4 Å². The molecule has 0 amide bonds. The van der Waals surface area contributed by atoms with Gasteiger partial charge in [0.05, 0.1) is 16.0 Å². The molecule has 0 aliphatic heterocycles. The van der Waals surface area contributed by atoms with Gasteiger partial charge in [0.15, 0.2) is 8.32 Å². The molecule has 1 aromatic rings. The van der Waals surface area contributed by atoms with E-state index in [-0.39, 0.29) is 10.7 Å². The third-order valence-electron chi connectivity index (χ3n) is 3.74. The van der Waals surface area contributed by atoms with Crippen molar-refractivity contribution in [3.05, 3.63) is 32.8 Å². The van der Waals surface area contributed by atoms with Crippen molar-refractivity contribution in [2.45, 2.75) is 38.9 Å². The molecule has 118 valence electrons. The lowest BCUT2D eigenvalue weighted by Crippen LogP contribution is -2.41.